The normalized spacial score (nSPS) is 18.5. The van der Waals surface area contributed by atoms with Gasteiger partial charge in [-0.25, -0.2) is 0 Å². The lowest BCUT2D eigenvalue weighted by molar-refractivity contribution is -0.125. The Bertz CT molecular complexity index is 471. The molecule has 0 aliphatic carbocycles. The van der Waals surface area contributed by atoms with Crippen molar-refractivity contribution in [3.05, 3.63) is 23.8 Å². The van der Waals surface area contributed by atoms with Crippen LogP contribution in [-0.2, 0) is 11.2 Å². The van der Waals surface area contributed by atoms with Crippen LogP contribution in [0, 0.1) is 0 Å². The van der Waals surface area contributed by atoms with E-state index in [4.69, 9.17) is 4.74 Å². The lowest BCUT2D eigenvalue weighted by atomic mass is 10.1. The fourth-order valence-electron chi connectivity index (χ4n) is 2.22. The van der Waals surface area contributed by atoms with Crippen molar-refractivity contribution in [1.29, 1.82) is 0 Å². The number of rotatable bonds is 4. The molecule has 0 bridgehead atoms. The van der Waals surface area contributed by atoms with Gasteiger partial charge in [-0.2, -0.15) is 0 Å². The summed E-state index contributed by atoms with van der Waals surface area (Å²) in [4.78, 5) is 13.6. The van der Waals surface area contributed by atoms with Crippen molar-refractivity contribution in [1.82, 2.24) is 5.32 Å². The predicted octanol–water partition coefficient (Wildman–Crippen LogP) is 1.97. The molecule has 4 heteroatoms. The Morgan fingerprint density at radius 3 is 2.84 bits per heavy atom. The number of hydrogen-bond donors (Lipinski definition) is 1. The SMILES string of the molecule is CC(C)NCCc1ccc2c(c1)N(C)C(=O)C(C)O2. The molecule has 1 aromatic carbocycles. The Balaban J connectivity index is 2.12. The number of anilines is 1. The molecule has 2 rings (SSSR count). The summed E-state index contributed by atoms with van der Waals surface area (Å²) in [5.74, 6) is 0.792. The number of carbonyl (C=O) groups excluding carboxylic acids is 1. The van der Waals surface area contributed by atoms with E-state index < -0.39 is 6.10 Å². The van der Waals surface area contributed by atoms with Crippen molar-refractivity contribution in [3.63, 3.8) is 0 Å². The number of carbonyl (C=O) groups is 1. The molecule has 0 saturated carbocycles. The van der Waals surface area contributed by atoms with Crippen LogP contribution >= 0.6 is 0 Å². The van der Waals surface area contributed by atoms with E-state index in [-0.39, 0.29) is 5.91 Å². The third-order valence-electron chi connectivity index (χ3n) is 3.33. The topological polar surface area (TPSA) is 41.6 Å². The van der Waals surface area contributed by atoms with Crippen molar-refractivity contribution < 1.29 is 9.53 Å². The maximum atomic E-state index is 11.9. The maximum absolute atomic E-state index is 11.9. The second-order valence-corrected chi connectivity index (χ2v) is 5.32. The van der Waals surface area contributed by atoms with E-state index in [1.54, 1.807) is 18.9 Å². The van der Waals surface area contributed by atoms with E-state index in [9.17, 15) is 4.79 Å². The standard InChI is InChI=1S/C15H22N2O2/c1-10(2)16-8-7-12-5-6-14-13(9-12)17(4)15(18)11(3)19-14/h5-6,9-11,16H,7-8H2,1-4H3. The molecule has 0 saturated heterocycles. The van der Waals surface area contributed by atoms with Crippen LogP contribution in [0.5, 0.6) is 5.75 Å². The van der Waals surface area contributed by atoms with E-state index in [1.165, 1.54) is 5.56 Å². The second-order valence-electron chi connectivity index (χ2n) is 5.32. The second kappa shape index (κ2) is 5.61. The summed E-state index contributed by atoms with van der Waals surface area (Å²) in [5.41, 5.74) is 2.08. The molecule has 0 spiro atoms. The summed E-state index contributed by atoms with van der Waals surface area (Å²) >= 11 is 0. The highest BCUT2D eigenvalue weighted by molar-refractivity contribution is 5.99. The Labute approximate surface area is 114 Å². The zero-order chi connectivity index (χ0) is 14.0. The molecule has 4 nitrogen and oxygen atoms in total. The lowest BCUT2D eigenvalue weighted by Crippen LogP contribution is -2.42. The van der Waals surface area contributed by atoms with Gasteiger partial charge in [0.05, 0.1) is 5.69 Å². The van der Waals surface area contributed by atoms with Crippen LogP contribution in [0.2, 0.25) is 0 Å². The molecule has 1 N–H and O–H groups in total. The van der Waals surface area contributed by atoms with Gasteiger partial charge in [0.2, 0.25) is 0 Å². The molecular formula is C15H22N2O2. The number of benzene rings is 1. The first-order chi connectivity index (χ1) is 8.99. The third-order valence-corrected chi connectivity index (χ3v) is 3.33. The zero-order valence-electron chi connectivity index (χ0n) is 12.1. The minimum absolute atomic E-state index is 0.00459. The highest BCUT2D eigenvalue weighted by Gasteiger charge is 2.28. The fraction of sp³-hybridized carbons (Fsp3) is 0.533. The van der Waals surface area contributed by atoms with Crippen LogP contribution in [-0.4, -0.2) is 31.6 Å². The number of amides is 1. The first kappa shape index (κ1) is 13.9. The largest absolute Gasteiger partial charge is 0.479 e. The molecule has 104 valence electrons. The van der Waals surface area contributed by atoms with Crippen LogP contribution in [0.25, 0.3) is 0 Å². The summed E-state index contributed by atoms with van der Waals surface area (Å²) in [6.07, 6.45) is 0.550. The quantitative estimate of drug-likeness (QED) is 0.902. The highest BCUT2D eigenvalue weighted by atomic mass is 16.5. The average Bonchev–Trinajstić information content (AvgIpc) is 2.36. The molecule has 0 aromatic heterocycles. The smallest absolute Gasteiger partial charge is 0.267 e. The molecular weight excluding hydrogens is 240 g/mol. The number of ether oxygens (including phenoxy) is 1. The average molecular weight is 262 g/mol. The van der Waals surface area contributed by atoms with Gasteiger partial charge < -0.3 is 15.0 Å². The fourth-order valence-corrected chi connectivity index (χ4v) is 2.22. The minimum atomic E-state index is -0.397. The maximum Gasteiger partial charge on any atom is 0.267 e. The summed E-state index contributed by atoms with van der Waals surface area (Å²) in [6, 6.07) is 6.56. The van der Waals surface area contributed by atoms with E-state index >= 15 is 0 Å². The summed E-state index contributed by atoms with van der Waals surface area (Å²) in [7, 11) is 1.80. The van der Waals surface area contributed by atoms with Gasteiger partial charge in [0, 0.05) is 13.1 Å². The first-order valence-corrected chi connectivity index (χ1v) is 6.79. The van der Waals surface area contributed by atoms with Crippen molar-refractivity contribution in [2.24, 2.45) is 0 Å². The van der Waals surface area contributed by atoms with E-state index in [0.29, 0.717) is 6.04 Å². The third kappa shape index (κ3) is 3.07. The number of hydrogen-bond acceptors (Lipinski definition) is 3. The zero-order valence-corrected chi connectivity index (χ0v) is 12.1. The molecule has 1 atom stereocenters. The van der Waals surface area contributed by atoms with Gasteiger partial charge in [-0.1, -0.05) is 19.9 Å². The van der Waals surface area contributed by atoms with Crippen molar-refractivity contribution in [3.8, 4) is 5.75 Å². The van der Waals surface area contributed by atoms with Gasteiger partial charge in [-0.15, -0.1) is 0 Å². The van der Waals surface area contributed by atoms with Crippen molar-refractivity contribution >= 4 is 11.6 Å². The minimum Gasteiger partial charge on any atom is -0.479 e. The number of likely N-dealkylation sites (N-methyl/N-ethyl adjacent to an activating group) is 1. The van der Waals surface area contributed by atoms with Crippen LogP contribution in [0.4, 0.5) is 5.69 Å². The number of nitrogens with one attached hydrogen (secondary N) is 1. The van der Waals surface area contributed by atoms with Crippen molar-refractivity contribution in [2.45, 2.75) is 39.3 Å². The molecule has 1 aromatic rings. The summed E-state index contributed by atoms with van der Waals surface area (Å²) < 4.78 is 5.61. The Morgan fingerprint density at radius 1 is 1.42 bits per heavy atom. The van der Waals surface area contributed by atoms with Crippen LogP contribution < -0.4 is 15.0 Å². The summed E-state index contributed by atoms with van der Waals surface area (Å²) in [6.45, 7) is 6.98. The molecule has 1 aliphatic heterocycles. The molecule has 1 aliphatic rings. The Kier molecular flexibility index (Phi) is 4.10. The van der Waals surface area contributed by atoms with Crippen LogP contribution in [0.3, 0.4) is 0 Å². The number of nitrogens with zero attached hydrogens (tertiary/aromatic N) is 1. The lowest BCUT2D eigenvalue weighted by Gasteiger charge is -2.30. The number of fused-ring (bicyclic) bond motifs is 1. The van der Waals surface area contributed by atoms with E-state index in [1.807, 2.05) is 12.1 Å². The predicted molar refractivity (Wildman–Crippen MR) is 76.8 cm³/mol. The van der Waals surface area contributed by atoms with Gasteiger partial charge in [0.25, 0.3) is 5.91 Å². The van der Waals surface area contributed by atoms with Crippen LogP contribution in [0.15, 0.2) is 18.2 Å². The van der Waals surface area contributed by atoms with Gasteiger partial charge in [0.15, 0.2) is 6.10 Å². The van der Waals surface area contributed by atoms with Crippen LogP contribution in [0.1, 0.15) is 26.3 Å². The Morgan fingerprint density at radius 2 is 2.16 bits per heavy atom. The van der Waals surface area contributed by atoms with E-state index in [2.05, 4.69) is 25.2 Å². The molecule has 1 amide bonds. The highest BCUT2D eigenvalue weighted by Crippen LogP contribution is 2.33. The summed E-state index contributed by atoms with van der Waals surface area (Å²) in [5, 5.41) is 3.39. The monoisotopic (exact) mass is 262 g/mol. The van der Waals surface area contributed by atoms with E-state index in [0.717, 1.165) is 24.4 Å². The van der Waals surface area contributed by atoms with Gasteiger partial charge >= 0.3 is 0 Å². The molecule has 0 radical (unpaired) electrons. The molecule has 1 heterocycles. The first-order valence-electron chi connectivity index (χ1n) is 6.79. The van der Waals surface area contributed by atoms with Crippen molar-refractivity contribution in [2.75, 3.05) is 18.5 Å². The van der Waals surface area contributed by atoms with Gasteiger partial charge in [0.1, 0.15) is 5.75 Å². The molecule has 1 unspecified atom stereocenters. The molecule has 0 fully saturated rings. The molecule has 19 heavy (non-hydrogen) atoms. The van der Waals surface area contributed by atoms with Gasteiger partial charge in [-0.3, -0.25) is 4.79 Å². The van der Waals surface area contributed by atoms with Gasteiger partial charge in [-0.05, 0) is 37.6 Å². The Hall–Kier alpha value is -1.55.